The van der Waals surface area contributed by atoms with E-state index >= 15 is 0 Å². The van der Waals surface area contributed by atoms with E-state index in [-0.39, 0.29) is 31.3 Å². The molecule has 4 aromatic rings. The summed E-state index contributed by atoms with van der Waals surface area (Å²) in [6, 6.07) is 33.8. The minimum absolute atomic E-state index is 0.0234. The van der Waals surface area contributed by atoms with Crippen LogP contribution < -0.4 is 5.32 Å². The minimum atomic E-state index is -1.41. The predicted molar refractivity (Wildman–Crippen MR) is 248 cm³/mol. The third-order valence-corrected chi connectivity index (χ3v) is 12.7. The lowest BCUT2D eigenvalue weighted by Crippen LogP contribution is -2.53. The number of aliphatic hydroxyl groups excluding tert-OH is 1. The Kier molecular flexibility index (Phi) is 14.3. The maximum atomic E-state index is 14.9. The Labute approximate surface area is 386 Å². The molecule has 1 saturated carbocycles. The van der Waals surface area contributed by atoms with Crippen LogP contribution in [-0.2, 0) is 50.3 Å². The van der Waals surface area contributed by atoms with Crippen molar-refractivity contribution in [3.05, 3.63) is 161 Å². The lowest BCUT2D eigenvalue weighted by Gasteiger charge is -2.34. The second-order valence-electron chi connectivity index (χ2n) is 18.8. The van der Waals surface area contributed by atoms with Crippen LogP contribution in [0.4, 0.5) is 0 Å². The van der Waals surface area contributed by atoms with Crippen LogP contribution in [0.25, 0.3) is 6.08 Å². The number of amides is 2. The van der Waals surface area contributed by atoms with Crippen molar-refractivity contribution in [2.45, 2.75) is 120 Å². The van der Waals surface area contributed by atoms with E-state index < -0.39 is 72.1 Å². The van der Waals surface area contributed by atoms with Crippen LogP contribution in [0.5, 0.6) is 0 Å². The highest BCUT2D eigenvalue weighted by Gasteiger charge is 2.55. The summed E-state index contributed by atoms with van der Waals surface area (Å²) in [5, 5.41) is 13.2. The topological polar surface area (TPSA) is 153 Å². The molecule has 4 aliphatic rings. The number of carbonyl (C=O) groups is 4. The van der Waals surface area contributed by atoms with E-state index in [1.54, 1.807) is 46.0 Å². The maximum Gasteiger partial charge on any atom is 0.338 e. The van der Waals surface area contributed by atoms with E-state index in [2.05, 4.69) is 17.5 Å². The average molecular weight is 897 g/mol. The van der Waals surface area contributed by atoms with Crippen LogP contribution in [0.2, 0.25) is 0 Å². The van der Waals surface area contributed by atoms with Crippen molar-refractivity contribution < 1.29 is 48.0 Å². The van der Waals surface area contributed by atoms with Crippen LogP contribution in [-0.4, -0.2) is 95.6 Å². The first kappa shape index (κ1) is 46.6. The maximum absolute atomic E-state index is 14.9. The fourth-order valence-corrected chi connectivity index (χ4v) is 9.18. The molecule has 0 radical (unpaired) electrons. The molecule has 2 N–H and O–H groups in total. The molecule has 12 nitrogen and oxygen atoms in total. The Morgan fingerprint density at radius 1 is 0.864 bits per heavy atom. The van der Waals surface area contributed by atoms with Gasteiger partial charge in [0.05, 0.1) is 30.4 Å². The Morgan fingerprint density at radius 2 is 1.52 bits per heavy atom. The third-order valence-electron chi connectivity index (χ3n) is 12.7. The van der Waals surface area contributed by atoms with Crippen molar-refractivity contribution in [2.24, 2.45) is 5.92 Å². The second kappa shape index (κ2) is 20.3. The van der Waals surface area contributed by atoms with Gasteiger partial charge in [0.2, 0.25) is 17.6 Å². The van der Waals surface area contributed by atoms with Gasteiger partial charge in [-0.05, 0) is 81.7 Å². The van der Waals surface area contributed by atoms with Gasteiger partial charge in [0.25, 0.3) is 0 Å². The Hall–Kier alpha value is -5.92. The molecular weight excluding hydrogens is 837 g/mol. The number of epoxide rings is 1. The highest BCUT2D eigenvalue weighted by molar-refractivity contribution is 5.97. The molecule has 0 spiro atoms. The highest BCUT2D eigenvalue weighted by atomic mass is 16.8. The molecule has 0 aromatic heterocycles. The van der Waals surface area contributed by atoms with Crippen molar-refractivity contribution in [1.29, 1.82) is 0 Å². The lowest BCUT2D eigenvalue weighted by atomic mass is 9.89. The SMILES string of the molecule is CN(C(=O)C1=CC2OC(c3ccccc3)(c3ccccc3)OC2C(OC(=O)c2ccc(C=CC3CCC4OC4C3)cc2)C1)C(Cc1ccccc1)C(=O)NC(CO)CCC(=O)OC(C)(C)C. The molecule has 8 atom stereocenters. The van der Waals surface area contributed by atoms with Crippen LogP contribution in [0.15, 0.2) is 133 Å². The fourth-order valence-electron chi connectivity index (χ4n) is 9.18. The van der Waals surface area contributed by atoms with E-state index in [4.69, 9.17) is 23.7 Å². The number of aliphatic hydroxyl groups is 1. The summed E-state index contributed by atoms with van der Waals surface area (Å²) in [5.41, 5.74) is 3.15. The first-order valence-corrected chi connectivity index (χ1v) is 23.0. The van der Waals surface area contributed by atoms with E-state index in [9.17, 15) is 24.3 Å². The summed E-state index contributed by atoms with van der Waals surface area (Å²) < 4.78 is 31.4. The smallest absolute Gasteiger partial charge is 0.338 e. The summed E-state index contributed by atoms with van der Waals surface area (Å²) in [6.45, 7) is 4.89. The largest absolute Gasteiger partial charge is 0.460 e. The molecular formula is C54H60N2O10. The zero-order valence-electron chi connectivity index (χ0n) is 38.0. The van der Waals surface area contributed by atoms with E-state index in [1.165, 1.54) is 4.90 Å². The number of allylic oxidation sites excluding steroid dienone is 1. The third kappa shape index (κ3) is 11.2. The fraction of sp³-hybridized carbons (Fsp3) is 0.407. The molecule has 2 aliphatic heterocycles. The van der Waals surface area contributed by atoms with Gasteiger partial charge in [-0.2, -0.15) is 0 Å². The monoisotopic (exact) mass is 896 g/mol. The number of ether oxygens (including phenoxy) is 5. The highest BCUT2D eigenvalue weighted by Crippen LogP contribution is 2.47. The standard InChI is InChI=1S/C54H60N2O10/c1-53(2,3)65-48(58)29-27-42(34-57)55-50(59)43(30-36-14-8-5-9-15-36)56(4)51(60)39-32-46(63-52(61)38-25-22-35(23-26-38)20-21-37-24-28-44-45(31-37)62-44)49-47(33-39)64-54(66-49,40-16-10-6-11-17-40)41-18-12-7-13-19-41/h5-23,25-26,33,37,42-47,49,57H,24,27-32,34H2,1-4H3,(H,55,59). The number of hydrogen-bond donors (Lipinski definition) is 2. The molecule has 3 fully saturated rings. The zero-order valence-corrected chi connectivity index (χ0v) is 38.0. The Morgan fingerprint density at radius 3 is 2.14 bits per heavy atom. The van der Waals surface area contributed by atoms with Crippen molar-refractivity contribution in [2.75, 3.05) is 13.7 Å². The second-order valence-corrected chi connectivity index (χ2v) is 18.8. The van der Waals surface area contributed by atoms with Gasteiger partial charge in [-0.3, -0.25) is 14.4 Å². The van der Waals surface area contributed by atoms with Crippen LogP contribution >= 0.6 is 0 Å². The number of likely N-dealkylation sites (N-methyl/N-ethyl adjacent to an activating group) is 1. The van der Waals surface area contributed by atoms with Gasteiger partial charge >= 0.3 is 11.9 Å². The van der Waals surface area contributed by atoms with Crippen molar-refractivity contribution in [3.8, 4) is 0 Å². The zero-order chi connectivity index (χ0) is 46.4. The van der Waals surface area contributed by atoms with Crippen molar-refractivity contribution >= 4 is 29.8 Å². The van der Waals surface area contributed by atoms with E-state index in [0.29, 0.717) is 23.7 Å². The molecule has 8 rings (SSSR count). The molecule has 66 heavy (non-hydrogen) atoms. The molecule has 2 amide bonds. The van der Waals surface area contributed by atoms with Gasteiger partial charge in [0, 0.05) is 43.0 Å². The van der Waals surface area contributed by atoms with Gasteiger partial charge < -0.3 is 39.0 Å². The quantitative estimate of drug-likeness (QED) is 0.0856. The van der Waals surface area contributed by atoms with Gasteiger partial charge in [-0.15, -0.1) is 0 Å². The van der Waals surface area contributed by atoms with Crippen LogP contribution in [0.1, 0.15) is 91.9 Å². The van der Waals surface area contributed by atoms with E-state index in [1.807, 2.05) is 103 Å². The summed E-state index contributed by atoms with van der Waals surface area (Å²) >= 11 is 0. The summed E-state index contributed by atoms with van der Waals surface area (Å²) in [5.74, 6) is -2.96. The Bertz CT molecular complexity index is 2340. The Balaban J connectivity index is 1.06. The lowest BCUT2D eigenvalue weighted by molar-refractivity contribution is -0.157. The summed E-state index contributed by atoms with van der Waals surface area (Å²) in [4.78, 5) is 57.1. The molecule has 346 valence electrons. The predicted octanol–water partition coefficient (Wildman–Crippen LogP) is 7.48. The van der Waals surface area contributed by atoms with Gasteiger partial charge in [-0.25, -0.2) is 4.79 Å². The van der Waals surface area contributed by atoms with Gasteiger partial charge in [0.1, 0.15) is 30.0 Å². The van der Waals surface area contributed by atoms with Crippen LogP contribution in [0.3, 0.4) is 0 Å². The summed E-state index contributed by atoms with van der Waals surface area (Å²) in [7, 11) is 1.56. The van der Waals surface area contributed by atoms with Crippen LogP contribution in [0, 0.1) is 5.92 Å². The minimum Gasteiger partial charge on any atom is -0.460 e. The van der Waals surface area contributed by atoms with Crippen molar-refractivity contribution in [1.82, 2.24) is 10.2 Å². The molecule has 4 aromatic carbocycles. The molecule has 8 unspecified atom stereocenters. The van der Waals surface area contributed by atoms with E-state index in [0.717, 1.165) is 41.5 Å². The number of hydrogen-bond acceptors (Lipinski definition) is 10. The number of nitrogens with zero attached hydrogens (tertiary/aromatic N) is 1. The number of fused-ring (bicyclic) bond motifs is 2. The molecule has 2 aliphatic carbocycles. The number of rotatable bonds is 16. The number of nitrogens with one attached hydrogen (secondary N) is 1. The van der Waals surface area contributed by atoms with Gasteiger partial charge in [-0.1, -0.05) is 115 Å². The normalized spacial score (nSPS) is 23.9. The first-order valence-electron chi connectivity index (χ1n) is 23.0. The number of esters is 2. The molecule has 12 heteroatoms. The molecule has 2 heterocycles. The van der Waals surface area contributed by atoms with Crippen molar-refractivity contribution in [3.63, 3.8) is 0 Å². The number of benzene rings is 4. The first-order chi connectivity index (χ1) is 31.8. The molecule has 2 saturated heterocycles. The number of carbonyl (C=O) groups excluding carboxylic acids is 4. The van der Waals surface area contributed by atoms with Gasteiger partial charge in [0.15, 0.2) is 0 Å². The average Bonchev–Trinajstić information content (AvgIpc) is 4.00. The summed E-state index contributed by atoms with van der Waals surface area (Å²) in [6.07, 6.45) is 7.69. The molecule has 0 bridgehead atoms.